The van der Waals surface area contributed by atoms with Crippen LogP contribution in [0.3, 0.4) is 0 Å². The Morgan fingerprint density at radius 1 is 1.47 bits per heavy atom. The SMILES string of the molecule is CCS(=O)(=O)Nc1cc(N)c(C)cc1Br. The van der Waals surface area contributed by atoms with Gasteiger partial charge in [0, 0.05) is 10.2 Å². The number of nitrogen functional groups attached to an aromatic ring is 1. The fourth-order valence-electron chi connectivity index (χ4n) is 1.01. The average Bonchev–Trinajstić information content (AvgIpc) is 2.14. The molecular weight excluding hydrogens is 280 g/mol. The molecule has 0 saturated carbocycles. The van der Waals surface area contributed by atoms with Gasteiger partial charge >= 0.3 is 0 Å². The number of hydrogen-bond acceptors (Lipinski definition) is 3. The van der Waals surface area contributed by atoms with Gasteiger partial charge in [-0.1, -0.05) is 0 Å². The Hall–Kier alpha value is -0.750. The zero-order valence-electron chi connectivity index (χ0n) is 8.54. The van der Waals surface area contributed by atoms with Crippen LogP contribution in [0.15, 0.2) is 16.6 Å². The topological polar surface area (TPSA) is 72.2 Å². The van der Waals surface area contributed by atoms with Gasteiger partial charge in [0.1, 0.15) is 0 Å². The molecular formula is C9H13BrN2O2S. The van der Waals surface area contributed by atoms with E-state index in [1.54, 1.807) is 19.1 Å². The van der Waals surface area contributed by atoms with Gasteiger partial charge in [-0.05, 0) is 47.5 Å². The Bertz CT molecular complexity index is 471. The highest BCUT2D eigenvalue weighted by Crippen LogP contribution is 2.28. The predicted octanol–water partition coefficient (Wildman–Crippen LogP) is 2.10. The monoisotopic (exact) mass is 292 g/mol. The lowest BCUT2D eigenvalue weighted by Crippen LogP contribution is -2.15. The van der Waals surface area contributed by atoms with E-state index in [1.807, 2.05) is 6.92 Å². The Kier molecular flexibility index (Phi) is 3.62. The molecule has 0 unspecified atom stereocenters. The largest absolute Gasteiger partial charge is 0.398 e. The molecule has 84 valence electrons. The van der Waals surface area contributed by atoms with Crippen molar-refractivity contribution in [1.29, 1.82) is 0 Å². The molecule has 0 aliphatic rings. The van der Waals surface area contributed by atoms with Crippen LogP contribution in [0.2, 0.25) is 0 Å². The van der Waals surface area contributed by atoms with E-state index in [-0.39, 0.29) is 5.75 Å². The van der Waals surface area contributed by atoms with Crippen LogP contribution in [0.1, 0.15) is 12.5 Å². The third-order valence-electron chi connectivity index (χ3n) is 2.00. The van der Waals surface area contributed by atoms with Crippen molar-refractivity contribution in [3.05, 3.63) is 22.2 Å². The summed E-state index contributed by atoms with van der Waals surface area (Å²) in [6, 6.07) is 3.38. The van der Waals surface area contributed by atoms with Crippen LogP contribution >= 0.6 is 15.9 Å². The van der Waals surface area contributed by atoms with Crippen molar-refractivity contribution in [1.82, 2.24) is 0 Å². The molecule has 0 radical (unpaired) electrons. The summed E-state index contributed by atoms with van der Waals surface area (Å²) in [6.45, 7) is 3.44. The normalized spacial score (nSPS) is 11.4. The molecule has 0 aliphatic heterocycles. The van der Waals surface area contributed by atoms with E-state index in [4.69, 9.17) is 5.73 Å². The number of hydrogen-bond donors (Lipinski definition) is 2. The minimum Gasteiger partial charge on any atom is -0.398 e. The van der Waals surface area contributed by atoms with Crippen molar-refractivity contribution < 1.29 is 8.42 Å². The van der Waals surface area contributed by atoms with Gasteiger partial charge in [0.05, 0.1) is 11.4 Å². The summed E-state index contributed by atoms with van der Waals surface area (Å²) in [5.41, 5.74) is 7.63. The summed E-state index contributed by atoms with van der Waals surface area (Å²) in [6.07, 6.45) is 0. The van der Waals surface area contributed by atoms with Gasteiger partial charge < -0.3 is 5.73 Å². The number of nitrogens with one attached hydrogen (secondary N) is 1. The Balaban J connectivity index is 3.12. The van der Waals surface area contributed by atoms with Gasteiger partial charge in [-0.25, -0.2) is 8.42 Å². The van der Waals surface area contributed by atoms with Crippen LogP contribution in [-0.2, 0) is 10.0 Å². The summed E-state index contributed by atoms with van der Waals surface area (Å²) in [7, 11) is -3.26. The van der Waals surface area contributed by atoms with Crippen LogP contribution in [0.4, 0.5) is 11.4 Å². The second kappa shape index (κ2) is 4.40. The van der Waals surface area contributed by atoms with E-state index in [0.717, 1.165) is 5.56 Å². The number of sulfonamides is 1. The van der Waals surface area contributed by atoms with Crippen molar-refractivity contribution in [2.24, 2.45) is 0 Å². The standard InChI is InChI=1S/C9H13BrN2O2S/c1-3-15(13,14)12-9-5-8(11)6(2)4-7(9)10/h4-5,12H,3,11H2,1-2H3. The highest BCUT2D eigenvalue weighted by molar-refractivity contribution is 9.10. The van der Waals surface area contributed by atoms with E-state index < -0.39 is 10.0 Å². The molecule has 1 aromatic rings. The lowest BCUT2D eigenvalue weighted by molar-refractivity contribution is 0.602. The second-order valence-electron chi connectivity index (χ2n) is 3.19. The molecule has 1 aromatic carbocycles. The number of rotatable bonds is 3. The first kappa shape index (κ1) is 12.3. The van der Waals surface area contributed by atoms with E-state index >= 15 is 0 Å². The predicted molar refractivity (Wildman–Crippen MR) is 66.4 cm³/mol. The van der Waals surface area contributed by atoms with E-state index in [9.17, 15) is 8.42 Å². The van der Waals surface area contributed by atoms with Gasteiger partial charge in [0.15, 0.2) is 0 Å². The Labute approximate surface area is 98.0 Å². The third kappa shape index (κ3) is 3.10. The molecule has 0 aromatic heterocycles. The maximum Gasteiger partial charge on any atom is 0.232 e. The summed E-state index contributed by atoms with van der Waals surface area (Å²) in [5.74, 6) is 0.0349. The van der Waals surface area contributed by atoms with Crippen molar-refractivity contribution in [3.8, 4) is 0 Å². The van der Waals surface area contributed by atoms with Gasteiger partial charge in [0.2, 0.25) is 10.0 Å². The molecule has 15 heavy (non-hydrogen) atoms. The van der Waals surface area contributed by atoms with Crippen LogP contribution in [0, 0.1) is 6.92 Å². The van der Waals surface area contributed by atoms with E-state index in [1.165, 1.54) is 0 Å². The minimum atomic E-state index is -3.26. The Morgan fingerprint density at radius 3 is 2.60 bits per heavy atom. The zero-order valence-corrected chi connectivity index (χ0v) is 10.9. The molecule has 0 heterocycles. The number of nitrogens with two attached hydrogens (primary N) is 1. The molecule has 0 saturated heterocycles. The fourth-order valence-corrected chi connectivity index (χ4v) is 2.34. The van der Waals surface area contributed by atoms with Gasteiger partial charge in [0.25, 0.3) is 0 Å². The van der Waals surface area contributed by atoms with Gasteiger partial charge in [-0.3, -0.25) is 4.72 Å². The van der Waals surface area contributed by atoms with Crippen LogP contribution in [-0.4, -0.2) is 14.2 Å². The van der Waals surface area contributed by atoms with Crippen LogP contribution < -0.4 is 10.5 Å². The molecule has 0 fully saturated rings. The average molecular weight is 293 g/mol. The highest BCUT2D eigenvalue weighted by Gasteiger charge is 2.10. The first-order chi connectivity index (χ1) is 6.85. The maximum atomic E-state index is 11.3. The number of halogens is 1. The van der Waals surface area contributed by atoms with Crippen molar-refractivity contribution >= 4 is 37.3 Å². The van der Waals surface area contributed by atoms with Crippen LogP contribution in [0.5, 0.6) is 0 Å². The summed E-state index contributed by atoms with van der Waals surface area (Å²) >= 11 is 3.28. The number of anilines is 2. The zero-order chi connectivity index (χ0) is 11.6. The molecule has 6 heteroatoms. The summed E-state index contributed by atoms with van der Waals surface area (Å²) < 4.78 is 25.8. The second-order valence-corrected chi connectivity index (χ2v) is 6.06. The lowest BCUT2D eigenvalue weighted by atomic mass is 10.2. The van der Waals surface area contributed by atoms with Gasteiger partial charge in [-0.15, -0.1) is 0 Å². The molecule has 0 bridgehead atoms. The quantitative estimate of drug-likeness (QED) is 0.838. The smallest absolute Gasteiger partial charge is 0.232 e. The molecule has 0 aliphatic carbocycles. The molecule has 0 atom stereocenters. The summed E-state index contributed by atoms with van der Waals surface area (Å²) in [4.78, 5) is 0. The first-order valence-electron chi connectivity index (χ1n) is 4.42. The Morgan fingerprint density at radius 2 is 2.07 bits per heavy atom. The summed E-state index contributed by atoms with van der Waals surface area (Å²) in [5, 5.41) is 0. The highest BCUT2D eigenvalue weighted by atomic mass is 79.9. The first-order valence-corrected chi connectivity index (χ1v) is 6.86. The van der Waals surface area contributed by atoms with Crippen molar-refractivity contribution in [2.75, 3.05) is 16.2 Å². The molecule has 0 amide bonds. The van der Waals surface area contributed by atoms with Crippen molar-refractivity contribution in [3.63, 3.8) is 0 Å². The molecule has 0 spiro atoms. The van der Waals surface area contributed by atoms with E-state index in [0.29, 0.717) is 15.8 Å². The third-order valence-corrected chi connectivity index (χ3v) is 3.95. The number of benzene rings is 1. The molecule has 3 N–H and O–H groups in total. The van der Waals surface area contributed by atoms with Crippen molar-refractivity contribution in [2.45, 2.75) is 13.8 Å². The van der Waals surface area contributed by atoms with Crippen LogP contribution in [0.25, 0.3) is 0 Å². The maximum absolute atomic E-state index is 11.3. The fraction of sp³-hybridized carbons (Fsp3) is 0.333. The molecule has 1 rings (SSSR count). The lowest BCUT2D eigenvalue weighted by Gasteiger charge is -2.10. The van der Waals surface area contributed by atoms with E-state index in [2.05, 4.69) is 20.7 Å². The molecule has 4 nitrogen and oxygen atoms in total. The minimum absolute atomic E-state index is 0.0349. The number of aryl methyl sites for hydroxylation is 1. The van der Waals surface area contributed by atoms with Gasteiger partial charge in [-0.2, -0.15) is 0 Å².